The average molecular weight is 369 g/mol. The molecule has 0 N–H and O–H groups in total. The average Bonchev–Trinajstić information content (AvgIpc) is 2.40. The summed E-state index contributed by atoms with van der Waals surface area (Å²) in [6, 6.07) is 11.0. The van der Waals surface area contributed by atoms with Gasteiger partial charge in [0.2, 0.25) is 5.52 Å². The molecule has 0 atom stereocenters. The van der Waals surface area contributed by atoms with Crippen LogP contribution in [0.2, 0.25) is 0 Å². The number of piperazine rings is 1. The summed E-state index contributed by atoms with van der Waals surface area (Å²) in [4.78, 5) is 4.87. The van der Waals surface area contributed by atoms with Gasteiger partial charge in [-0.2, -0.15) is 0 Å². The molecule has 3 rings (SSSR count). The second-order valence-electron chi connectivity index (χ2n) is 5.15. The third-order valence-electron chi connectivity index (χ3n) is 3.85. The first-order chi connectivity index (χ1) is 8.74. The van der Waals surface area contributed by atoms with Crippen molar-refractivity contribution in [1.82, 2.24) is 4.90 Å². The van der Waals surface area contributed by atoms with Gasteiger partial charge in [0.25, 0.3) is 0 Å². The fraction of sp³-hybridized carbons (Fsp3) is 0.400. The Balaban J connectivity index is 0.00000133. The molecule has 0 bridgehead atoms. The van der Waals surface area contributed by atoms with E-state index in [0.29, 0.717) is 0 Å². The highest BCUT2D eigenvalue weighted by Crippen LogP contribution is 2.20. The van der Waals surface area contributed by atoms with Crippen LogP contribution in [0.25, 0.3) is 10.9 Å². The van der Waals surface area contributed by atoms with Crippen molar-refractivity contribution in [1.29, 1.82) is 0 Å². The van der Waals surface area contributed by atoms with E-state index in [0.717, 1.165) is 26.2 Å². The van der Waals surface area contributed by atoms with Gasteiger partial charge in [0.15, 0.2) is 6.20 Å². The molecule has 1 aliphatic rings. The summed E-state index contributed by atoms with van der Waals surface area (Å²) in [5.41, 5.74) is 2.64. The highest BCUT2D eigenvalue weighted by Gasteiger charge is 2.15. The number of aromatic nitrogens is 1. The Morgan fingerprint density at radius 2 is 1.79 bits per heavy atom. The Morgan fingerprint density at radius 3 is 2.53 bits per heavy atom. The van der Waals surface area contributed by atoms with Crippen molar-refractivity contribution in [3.05, 3.63) is 36.5 Å². The molecule has 1 aliphatic heterocycles. The van der Waals surface area contributed by atoms with Crippen LogP contribution in [0.4, 0.5) is 5.69 Å². The lowest BCUT2D eigenvalue weighted by atomic mass is 10.1. The molecule has 2 aromatic rings. The number of fused-ring (bicyclic) bond motifs is 1. The molecule has 0 aliphatic carbocycles. The number of benzene rings is 1. The molecule has 19 heavy (non-hydrogen) atoms. The van der Waals surface area contributed by atoms with Crippen LogP contribution in [0, 0.1) is 0 Å². The number of halogens is 1. The van der Waals surface area contributed by atoms with Crippen molar-refractivity contribution < 1.29 is 28.5 Å². The molecule has 0 amide bonds. The number of aryl methyl sites for hydroxylation is 1. The smallest absolute Gasteiger partial charge is 0.214 e. The van der Waals surface area contributed by atoms with Gasteiger partial charge in [-0.3, -0.25) is 0 Å². The second-order valence-corrected chi connectivity index (χ2v) is 5.15. The van der Waals surface area contributed by atoms with Gasteiger partial charge in [-0.1, -0.05) is 0 Å². The molecule has 1 aromatic heterocycles. The molecule has 2 heterocycles. The second kappa shape index (κ2) is 6.05. The molecule has 4 heteroatoms. The Morgan fingerprint density at radius 1 is 1.05 bits per heavy atom. The summed E-state index contributed by atoms with van der Waals surface area (Å²) >= 11 is 0. The molecule has 3 nitrogen and oxygen atoms in total. The van der Waals surface area contributed by atoms with Crippen molar-refractivity contribution in [2.24, 2.45) is 7.05 Å². The predicted octanol–water partition coefficient (Wildman–Crippen LogP) is -1.58. The molecular formula is C15H20IN3. The largest absolute Gasteiger partial charge is 1.00 e. The first-order valence-corrected chi connectivity index (χ1v) is 6.56. The maximum Gasteiger partial charge on any atom is 0.214 e. The van der Waals surface area contributed by atoms with Gasteiger partial charge in [0.05, 0.1) is 0 Å². The first kappa shape index (κ1) is 14.5. The van der Waals surface area contributed by atoms with Gasteiger partial charge in [0, 0.05) is 49.4 Å². The standard InChI is InChI=1S/C15H20N3.HI/c1-16-8-10-18(11-9-16)14-6-5-13-4-3-7-17(2)15(13)12-14;/h3-7,12H,8-11H2,1-2H3;1H/q+1;/p-1. The number of pyridine rings is 1. The molecule has 102 valence electrons. The van der Waals surface area contributed by atoms with Gasteiger partial charge in [-0.05, 0) is 25.2 Å². The molecular weight excluding hydrogens is 349 g/mol. The number of hydrogen-bond donors (Lipinski definition) is 0. The van der Waals surface area contributed by atoms with E-state index in [1.807, 2.05) is 0 Å². The highest BCUT2D eigenvalue weighted by atomic mass is 127. The lowest BCUT2D eigenvalue weighted by Crippen LogP contribution is -3.00. The number of likely N-dealkylation sites (N-methyl/N-ethyl adjacent to an activating group) is 1. The van der Waals surface area contributed by atoms with Crippen LogP contribution in [0.1, 0.15) is 0 Å². The third-order valence-corrected chi connectivity index (χ3v) is 3.85. The van der Waals surface area contributed by atoms with E-state index in [1.54, 1.807) is 0 Å². The minimum absolute atomic E-state index is 0. The lowest BCUT2D eigenvalue weighted by Gasteiger charge is -2.33. The van der Waals surface area contributed by atoms with Crippen molar-refractivity contribution >= 4 is 16.6 Å². The number of anilines is 1. The topological polar surface area (TPSA) is 10.4 Å². The summed E-state index contributed by atoms with van der Waals surface area (Å²) in [6.07, 6.45) is 2.11. The SMILES string of the molecule is CN1CCN(c2ccc3ccc[n+](C)c3c2)CC1.[I-]. The van der Waals surface area contributed by atoms with Crippen LogP contribution >= 0.6 is 0 Å². The zero-order chi connectivity index (χ0) is 12.5. The van der Waals surface area contributed by atoms with Gasteiger partial charge in [0.1, 0.15) is 7.05 Å². The maximum atomic E-state index is 2.48. The number of nitrogens with zero attached hydrogens (tertiary/aromatic N) is 3. The summed E-state index contributed by atoms with van der Waals surface area (Å²) in [6.45, 7) is 4.55. The molecule has 1 fully saturated rings. The highest BCUT2D eigenvalue weighted by molar-refractivity contribution is 5.79. The molecule has 1 aromatic carbocycles. The molecule has 0 unspecified atom stereocenters. The third kappa shape index (κ3) is 3.00. The predicted molar refractivity (Wildman–Crippen MR) is 74.8 cm³/mol. The fourth-order valence-corrected chi connectivity index (χ4v) is 2.60. The van der Waals surface area contributed by atoms with Crippen molar-refractivity contribution in [3.63, 3.8) is 0 Å². The van der Waals surface area contributed by atoms with Crippen molar-refractivity contribution in [2.75, 3.05) is 38.1 Å². The Hall–Kier alpha value is -0.880. The van der Waals surface area contributed by atoms with E-state index < -0.39 is 0 Å². The van der Waals surface area contributed by atoms with Crippen LogP contribution in [0.3, 0.4) is 0 Å². The zero-order valence-electron chi connectivity index (χ0n) is 11.5. The van der Waals surface area contributed by atoms with E-state index in [2.05, 4.69) is 65.0 Å². The maximum absolute atomic E-state index is 2.48. The van der Waals surface area contributed by atoms with Gasteiger partial charge >= 0.3 is 0 Å². The minimum Gasteiger partial charge on any atom is -1.00 e. The van der Waals surface area contributed by atoms with Crippen molar-refractivity contribution in [2.45, 2.75) is 0 Å². The monoisotopic (exact) mass is 369 g/mol. The summed E-state index contributed by atoms with van der Waals surface area (Å²) in [5, 5.41) is 1.30. The molecule has 0 saturated carbocycles. The van der Waals surface area contributed by atoms with Crippen LogP contribution in [-0.4, -0.2) is 38.1 Å². The van der Waals surface area contributed by atoms with E-state index in [4.69, 9.17) is 0 Å². The minimum atomic E-state index is 0. The van der Waals surface area contributed by atoms with Crippen LogP contribution < -0.4 is 33.4 Å². The molecule has 0 radical (unpaired) electrons. The van der Waals surface area contributed by atoms with Crippen LogP contribution in [-0.2, 0) is 7.05 Å². The molecule has 1 saturated heterocycles. The number of rotatable bonds is 1. The Kier molecular flexibility index (Phi) is 4.62. The zero-order valence-corrected chi connectivity index (χ0v) is 13.7. The van der Waals surface area contributed by atoms with Crippen LogP contribution in [0.15, 0.2) is 36.5 Å². The Labute approximate surface area is 131 Å². The van der Waals surface area contributed by atoms with E-state index in [1.165, 1.54) is 16.6 Å². The normalized spacial score (nSPS) is 16.4. The summed E-state index contributed by atoms with van der Waals surface area (Å²) < 4.78 is 2.19. The quantitative estimate of drug-likeness (QED) is 0.444. The van der Waals surface area contributed by atoms with Gasteiger partial charge < -0.3 is 33.8 Å². The lowest BCUT2D eigenvalue weighted by molar-refractivity contribution is -0.644. The molecule has 0 spiro atoms. The van der Waals surface area contributed by atoms with E-state index in [9.17, 15) is 0 Å². The van der Waals surface area contributed by atoms with E-state index in [-0.39, 0.29) is 24.0 Å². The van der Waals surface area contributed by atoms with E-state index >= 15 is 0 Å². The van der Waals surface area contributed by atoms with Crippen LogP contribution in [0.5, 0.6) is 0 Å². The number of hydrogen-bond acceptors (Lipinski definition) is 2. The first-order valence-electron chi connectivity index (χ1n) is 6.56. The summed E-state index contributed by atoms with van der Waals surface area (Å²) in [7, 11) is 4.30. The Bertz CT molecular complexity index is 562. The van der Waals surface area contributed by atoms with Gasteiger partial charge in [-0.25, -0.2) is 4.57 Å². The van der Waals surface area contributed by atoms with Gasteiger partial charge in [-0.15, -0.1) is 0 Å². The fourth-order valence-electron chi connectivity index (χ4n) is 2.60. The summed E-state index contributed by atoms with van der Waals surface area (Å²) in [5.74, 6) is 0. The van der Waals surface area contributed by atoms with Crippen molar-refractivity contribution in [3.8, 4) is 0 Å².